The Kier molecular flexibility index (Phi) is 2.66. The van der Waals surface area contributed by atoms with E-state index >= 15 is 0 Å². The highest BCUT2D eigenvalue weighted by Crippen LogP contribution is 2.73. The number of hydrogen-bond donors (Lipinski definition) is 0. The second-order valence-electron chi connectivity index (χ2n) is 8.27. The van der Waals surface area contributed by atoms with Crippen molar-refractivity contribution in [2.75, 3.05) is 0 Å². The number of fused-ring (bicyclic) bond motifs is 5. The van der Waals surface area contributed by atoms with Gasteiger partial charge in [0.25, 0.3) is 0 Å². The zero-order valence-electron chi connectivity index (χ0n) is 12.2. The average molecular weight is 345 g/mol. The van der Waals surface area contributed by atoms with Crippen molar-refractivity contribution in [2.45, 2.75) is 75.5 Å². The molecule has 6 aliphatic rings. The first-order valence-electron chi connectivity index (χ1n) is 8.10. The maximum absolute atomic E-state index is 15.0. The van der Waals surface area contributed by atoms with E-state index in [-0.39, 0.29) is 11.2 Å². The van der Waals surface area contributed by atoms with E-state index in [9.17, 15) is 8.78 Å². The molecule has 0 aliphatic heterocycles. The lowest BCUT2D eigenvalue weighted by Crippen LogP contribution is -2.56. The third-order valence-corrected chi connectivity index (χ3v) is 8.68. The van der Waals surface area contributed by atoms with Gasteiger partial charge >= 0.3 is 0 Å². The molecule has 20 heavy (non-hydrogen) atoms. The predicted octanol–water partition coefficient (Wildman–Crippen LogP) is 6.21. The van der Waals surface area contributed by atoms with Crippen LogP contribution in [0.1, 0.15) is 71.1 Å². The molecule has 0 saturated heterocycles. The van der Waals surface area contributed by atoms with Crippen LogP contribution in [0.2, 0.25) is 0 Å². The third-order valence-electron chi connectivity index (χ3n) is 7.54. The minimum absolute atomic E-state index is 0.0565. The van der Waals surface area contributed by atoms with E-state index in [4.69, 9.17) is 0 Å². The van der Waals surface area contributed by atoms with Gasteiger partial charge in [0.05, 0.1) is 4.32 Å². The zero-order valence-corrected chi connectivity index (χ0v) is 13.8. The van der Waals surface area contributed by atoms with Crippen LogP contribution >= 0.6 is 15.9 Å². The maximum Gasteiger partial charge on any atom is 0.149 e. The standard InChI is InChI=1S/C17H23BrF2/c1-14-2-5-15(6-3-14,7-4-14)16-8-10-17(18,11-9-16)13(20)12(16)19/h2-11H2,1H3. The Morgan fingerprint density at radius 3 is 1.75 bits per heavy atom. The Balaban J connectivity index is 1.79. The molecule has 6 rings (SSSR count). The lowest BCUT2D eigenvalue weighted by molar-refractivity contribution is -0.111. The quantitative estimate of drug-likeness (QED) is 0.496. The number of hydrogen-bond acceptors (Lipinski definition) is 0. The summed E-state index contributed by atoms with van der Waals surface area (Å²) in [5, 5.41) is 0. The van der Waals surface area contributed by atoms with Gasteiger partial charge in [-0.2, -0.15) is 0 Å². The van der Waals surface area contributed by atoms with Gasteiger partial charge in [-0.05, 0) is 75.0 Å². The smallest absolute Gasteiger partial charge is 0.149 e. The molecule has 0 aromatic heterocycles. The Morgan fingerprint density at radius 2 is 1.25 bits per heavy atom. The Bertz CT molecular complexity index is 461. The summed E-state index contributed by atoms with van der Waals surface area (Å²) in [4.78, 5) is 0. The molecule has 0 atom stereocenters. The predicted molar refractivity (Wildman–Crippen MR) is 80.0 cm³/mol. The van der Waals surface area contributed by atoms with Crippen LogP contribution in [0.5, 0.6) is 0 Å². The molecule has 4 saturated carbocycles. The number of alkyl halides is 1. The van der Waals surface area contributed by atoms with Crippen LogP contribution in [-0.2, 0) is 0 Å². The fraction of sp³-hybridized carbons (Fsp3) is 0.882. The highest BCUT2D eigenvalue weighted by Gasteiger charge is 2.65. The molecular formula is C17H23BrF2. The summed E-state index contributed by atoms with van der Waals surface area (Å²) in [5.41, 5.74) is 0.0783. The second kappa shape index (κ2) is 3.88. The first kappa shape index (κ1) is 13.7. The van der Waals surface area contributed by atoms with E-state index in [1.807, 2.05) is 0 Å². The lowest BCUT2D eigenvalue weighted by Gasteiger charge is -2.64. The summed E-state index contributed by atoms with van der Waals surface area (Å²) in [7, 11) is 0. The van der Waals surface area contributed by atoms with Gasteiger partial charge < -0.3 is 0 Å². The summed E-state index contributed by atoms with van der Waals surface area (Å²) >= 11 is 3.47. The number of rotatable bonds is 1. The van der Waals surface area contributed by atoms with Crippen LogP contribution in [-0.4, -0.2) is 4.32 Å². The van der Waals surface area contributed by atoms with Crippen LogP contribution < -0.4 is 0 Å². The summed E-state index contributed by atoms with van der Waals surface area (Å²) in [5.74, 6) is -0.847. The number of halogens is 3. The van der Waals surface area contributed by atoms with Crippen molar-refractivity contribution in [3.8, 4) is 0 Å². The van der Waals surface area contributed by atoms with E-state index in [2.05, 4.69) is 22.9 Å². The highest BCUT2D eigenvalue weighted by atomic mass is 79.9. The van der Waals surface area contributed by atoms with Crippen molar-refractivity contribution < 1.29 is 8.78 Å². The van der Waals surface area contributed by atoms with Crippen molar-refractivity contribution in [1.82, 2.24) is 0 Å². The maximum atomic E-state index is 15.0. The van der Waals surface area contributed by atoms with Crippen LogP contribution in [0.3, 0.4) is 0 Å². The van der Waals surface area contributed by atoms with Gasteiger partial charge in [0.1, 0.15) is 11.7 Å². The van der Waals surface area contributed by atoms with Crippen LogP contribution in [0.15, 0.2) is 11.7 Å². The van der Waals surface area contributed by atoms with Gasteiger partial charge in [0.15, 0.2) is 0 Å². The van der Waals surface area contributed by atoms with E-state index in [1.54, 1.807) is 0 Å². The molecule has 0 amide bonds. The van der Waals surface area contributed by atoms with E-state index < -0.39 is 15.6 Å². The van der Waals surface area contributed by atoms with Gasteiger partial charge in [0.2, 0.25) is 0 Å². The summed E-state index contributed by atoms with van der Waals surface area (Å²) in [6, 6.07) is 0. The molecule has 0 radical (unpaired) electrons. The zero-order chi connectivity index (χ0) is 14.2. The summed E-state index contributed by atoms with van der Waals surface area (Å²) in [6.07, 6.45) is 10.2. The molecule has 112 valence electrons. The van der Waals surface area contributed by atoms with Crippen LogP contribution in [0, 0.1) is 16.2 Å². The average Bonchev–Trinajstić information content (AvgIpc) is 2.46. The van der Waals surface area contributed by atoms with Crippen molar-refractivity contribution in [3.05, 3.63) is 11.7 Å². The van der Waals surface area contributed by atoms with Crippen molar-refractivity contribution in [3.63, 3.8) is 0 Å². The summed E-state index contributed by atoms with van der Waals surface area (Å²) < 4.78 is 28.8. The normalized spacial score (nSPS) is 54.6. The largest absolute Gasteiger partial charge is 0.208 e. The van der Waals surface area contributed by atoms with Gasteiger partial charge in [-0.1, -0.05) is 22.9 Å². The monoisotopic (exact) mass is 344 g/mol. The minimum atomic E-state index is -0.673. The Morgan fingerprint density at radius 1 is 0.750 bits per heavy atom. The van der Waals surface area contributed by atoms with E-state index in [0.29, 0.717) is 5.41 Å². The molecular weight excluding hydrogens is 322 g/mol. The van der Waals surface area contributed by atoms with Crippen molar-refractivity contribution >= 4 is 15.9 Å². The molecule has 4 fully saturated rings. The van der Waals surface area contributed by atoms with Gasteiger partial charge in [-0.25, -0.2) is 8.78 Å². The molecule has 4 bridgehead atoms. The van der Waals surface area contributed by atoms with Gasteiger partial charge in [-0.3, -0.25) is 0 Å². The molecule has 6 aliphatic carbocycles. The first-order valence-corrected chi connectivity index (χ1v) is 8.90. The molecule has 0 heterocycles. The number of allylic oxidation sites excluding steroid dienone is 2. The van der Waals surface area contributed by atoms with Gasteiger partial charge in [-0.15, -0.1) is 0 Å². The van der Waals surface area contributed by atoms with Gasteiger partial charge in [0, 0.05) is 5.41 Å². The molecule has 0 nitrogen and oxygen atoms in total. The van der Waals surface area contributed by atoms with Crippen LogP contribution in [0.4, 0.5) is 8.78 Å². The molecule has 0 spiro atoms. The topological polar surface area (TPSA) is 0 Å². The Hall–Kier alpha value is 0.0800. The third kappa shape index (κ3) is 1.46. The fourth-order valence-electron chi connectivity index (χ4n) is 5.77. The lowest BCUT2D eigenvalue weighted by atomic mass is 9.41. The molecule has 3 heteroatoms. The molecule has 0 aromatic rings. The highest BCUT2D eigenvalue weighted by molar-refractivity contribution is 9.10. The van der Waals surface area contributed by atoms with Crippen molar-refractivity contribution in [2.24, 2.45) is 16.2 Å². The second-order valence-corrected chi connectivity index (χ2v) is 9.78. The SMILES string of the molecule is CC12CCC(C34CCC(Br)(CC3)C(F)=C4F)(CC1)CC2. The molecule has 0 unspecified atom stereocenters. The molecule has 0 aromatic carbocycles. The first-order chi connectivity index (χ1) is 9.35. The van der Waals surface area contributed by atoms with Crippen molar-refractivity contribution in [1.29, 1.82) is 0 Å². The van der Waals surface area contributed by atoms with E-state index in [0.717, 1.165) is 44.9 Å². The molecule has 0 N–H and O–H groups in total. The summed E-state index contributed by atoms with van der Waals surface area (Å²) in [6.45, 7) is 2.38. The van der Waals surface area contributed by atoms with E-state index in [1.165, 1.54) is 19.3 Å². The fourth-order valence-corrected chi connectivity index (χ4v) is 6.34. The Labute approximate surface area is 128 Å². The minimum Gasteiger partial charge on any atom is -0.208 e. The van der Waals surface area contributed by atoms with Crippen LogP contribution in [0.25, 0.3) is 0 Å².